The lowest BCUT2D eigenvalue weighted by atomic mass is 9.33. The van der Waals surface area contributed by atoms with Gasteiger partial charge >= 0.3 is 11.9 Å². The second kappa shape index (κ2) is 18.8. The van der Waals surface area contributed by atoms with E-state index >= 15 is 4.79 Å². The Balaban J connectivity index is 0.829. The van der Waals surface area contributed by atoms with Crippen LogP contribution in [0.5, 0.6) is 0 Å². The van der Waals surface area contributed by atoms with Gasteiger partial charge in [-0.3, -0.25) is 24.1 Å². The summed E-state index contributed by atoms with van der Waals surface area (Å²) in [4.78, 5) is 62.6. The lowest BCUT2D eigenvalue weighted by molar-refractivity contribution is -0.236. The average molecular weight is 971 g/mol. The number of allylic oxidation sites excluding steroid dienone is 1. The Bertz CT molecular complexity index is 2380. The van der Waals surface area contributed by atoms with Crippen molar-refractivity contribution in [1.29, 1.82) is 0 Å². The zero-order chi connectivity index (χ0) is 50.3. The monoisotopic (exact) mass is 971 g/mol. The molecule has 0 radical (unpaired) electrons. The molecule has 0 N–H and O–H groups in total. The Morgan fingerprint density at radius 2 is 1.34 bits per heavy atom. The number of benzene rings is 2. The summed E-state index contributed by atoms with van der Waals surface area (Å²) >= 11 is 0. The molecule has 2 aromatic carbocycles. The SMILES string of the molecule is CC(C)C1=C2[C@H]3CC[C@@H]4[C@@]5(C)CC[C@H](OC(=O)[C@H]6C[C@@H](C(=O)OCc7ccccc7)C6(C)C)C(C)(C)[C@@H]5CC[C@@]4(C)[C@]3(C)CC[C@@]2(C(=O)N2CCC[C@H]2CN2CCC[C@H]2COCc2ccccc2)CC1=O. The third-order valence-electron chi connectivity index (χ3n) is 22.1. The normalized spacial score (nSPS) is 38.2. The van der Waals surface area contributed by atoms with E-state index in [-0.39, 0.29) is 87.7 Å². The van der Waals surface area contributed by atoms with Crippen LogP contribution in [0.4, 0.5) is 0 Å². The van der Waals surface area contributed by atoms with Crippen LogP contribution in [0.1, 0.15) is 163 Å². The van der Waals surface area contributed by atoms with E-state index in [1.807, 2.05) is 50.2 Å². The average Bonchev–Trinajstić information content (AvgIpc) is 4.07. The van der Waals surface area contributed by atoms with Gasteiger partial charge in [-0.05, 0) is 158 Å². The van der Waals surface area contributed by atoms with E-state index in [1.165, 1.54) is 11.1 Å². The van der Waals surface area contributed by atoms with Crippen LogP contribution in [-0.4, -0.2) is 77.9 Å². The third-order valence-corrected chi connectivity index (χ3v) is 22.1. The zero-order valence-electron chi connectivity index (χ0n) is 44.9. The van der Waals surface area contributed by atoms with Gasteiger partial charge in [-0.2, -0.15) is 0 Å². The summed E-state index contributed by atoms with van der Waals surface area (Å²) in [6, 6.07) is 20.7. The third kappa shape index (κ3) is 8.30. The summed E-state index contributed by atoms with van der Waals surface area (Å²) in [5.74, 6) is 0.540. The molecule has 0 bridgehead atoms. The molecule has 2 saturated heterocycles. The molecule has 0 aromatic heterocycles. The number of hydrogen-bond donors (Lipinski definition) is 0. The predicted octanol–water partition coefficient (Wildman–Crippen LogP) is 12.0. The highest BCUT2D eigenvalue weighted by Crippen LogP contribution is 2.77. The first-order chi connectivity index (χ1) is 33.8. The van der Waals surface area contributed by atoms with Gasteiger partial charge in [0.15, 0.2) is 5.78 Å². The molecule has 71 heavy (non-hydrogen) atoms. The van der Waals surface area contributed by atoms with Crippen LogP contribution in [-0.2, 0) is 46.6 Å². The molecule has 2 aliphatic heterocycles. The maximum absolute atomic E-state index is 15.7. The lowest BCUT2D eigenvalue weighted by Gasteiger charge is -2.72. The number of likely N-dealkylation sites (tertiary alicyclic amines) is 2. The number of carbonyl (C=O) groups is 4. The van der Waals surface area contributed by atoms with Gasteiger partial charge in [0.1, 0.15) is 12.7 Å². The number of Topliss-reactive ketones (excluding diaryl/α,β-unsaturated/α-hetero) is 1. The molecule has 10 rings (SSSR count). The summed E-state index contributed by atoms with van der Waals surface area (Å²) in [5, 5.41) is 0. The highest BCUT2D eigenvalue weighted by molar-refractivity contribution is 6.07. The van der Waals surface area contributed by atoms with Crippen molar-refractivity contribution in [2.24, 2.45) is 68.0 Å². The van der Waals surface area contributed by atoms with Crippen LogP contribution < -0.4 is 0 Å². The molecule has 1 amide bonds. The molecule has 2 heterocycles. The first kappa shape index (κ1) is 50.7. The smallest absolute Gasteiger partial charge is 0.309 e. The molecule has 0 spiro atoms. The van der Waals surface area contributed by atoms with Gasteiger partial charge in [0, 0.05) is 37.0 Å². The molecule has 6 aliphatic carbocycles. The topological polar surface area (TPSA) is 102 Å². The lowest BCUT2D eigenvalue weighted by Crippen LogP contribution is -2.66. The molecule has 9 heteroatoms. The fourth-order valence-corrected chi connectivity index (χ4v) is 17.9. The van der Waals surface area contributed by atoms with Gasteiger partial charge in [-0.15, -0.1) is 0 Å². The van der Waals surface area contributed by atoms with Crippen LogP contribution in [0.3, 0.4) is 0 Å². The van der Waals surface area contributed by atoms with E-state index in [1.54, 1.807) is 0 Å². The van der Waals surface area contributed by atoms with Gasteiger partial charge in [0.05, 0.1) is 30.5 Å². The van der Waals surface area contributed by atoms with Crippen molar-refractivity contribution >= 4 is 23.6 Å². The molecule has 2 aromatic rings. The van der Waals surface area contributed by atoms with Crippen LogP contribution in [0.25, 0.3) is 0 Å². The number of carbonyl (C=O) groups excluding carboxylic acids is 4. The number of rotatable bonds is 13. The van der Waals surface area contributed by atoms with Gasteiger partial charge in [-0.1, -0.05) is 123 Å². The number of esters is 2. The zero-order valence-corrected chi connectivity index (χ0v) is 44.9. The van der Waals surface area contributed by atoms with Gasteiger partial charge < -0.3 is 19.1 Å². The van der Waals surface area contributed by atoms with Crippen molar-refractivity contribution in [3.8, 4) is 0 Å². The van der Waals surface area contributed by atoms with Crippen molar-refractivity contribution in [2.75, 3.05) is 26.2 Å². The number of fused-ring (bicyclic) bond motifs is 7. The van der Waals surface area contributed by atoms with Gasteiger partial charge in [-0.25, -0.2) is 0 Å². The molecular weight excluding hydrogens is 885 g/mol. The number of amides is 1. The summed E-state index contributed by atoms with van der Waals surface area (Å²) in [5.41, 5.74) is 2.92. The number of ether oxygens (including phenoxy) is 3. The standard InChI is InChI=1S/C62H86N2O7/c1-40(2)52-48(65)35-62(56(68)64-33-17-22-43(64)36-63-32-16-23-44(63)39-69-37-41-18-12-10-13-19-41)31-30-60(8)45(53(52)62)24-25-50-59(7)28-27-51(58(5,6)49(59)26-29-61(50,60)9)71-55(67)47-34-46(57(47,3)4)54(66)70-38-42-20-14-11-15-21-42/h10-15,18-21,40,43-47,49-51H,16-17,22-39H2,1-9H3/t43-,44-,45+,46-,47+,49-,50+,51-,59-,60+,61+,62+/m0/s1. The molecule has 0 unspecified atom stereocenters. The van der Waals surface area contributed by atoms with E-state index in [9.17, 15) is 14.4 Å². The van der Waals surface area contributed by atoms with E-state index in [0.717, 1.165) is 108 Å². The van der Waals surface area contributed by atoms with Crippen molar-refractivity contribution in [1.82, 2.24) is 9.80 Å². The summed E-state index contributed by atoms with van der Waals surface area (Å²) < 4.78 is 18.7. The summed E-state index contributed by atoms with van der Waals surface area (Å²) in [7, 11) is 0. The fourth-order valence-electron chi connectivity index (χ4n) is 17.9. The van der Waals surface area contributed by atoms with E-state index in [0.29, 0.717) is 43.9 Å². The first-order valence-electron chi connectivity index (χ1n) is 28.1. The Hall–Kier alpha value is -3.82. The Labute approximate surface area is 426 Å². The van der Waals surface area contributed by atoms with Crippen LogP contribution >= 0.6 is 0 Å². The molecule has 8 aliphatic rings. The second-order valence-corrected chi connectivity index (χ2v) is 26.4. The minimum Gasteiger partial charge on any atom is -0.462 e. The quantitative estimate of drug-likeness (QED) is 0.183. The van der Waals surface area contributed by atoms with E-state index in [4.69, 9.17) is 14.2 Å². The van der Waals surface area contributed by atoms with Crippen LogP contribution in [0, 0.1) is 68.0 Å². The van der Waals surface area contributed by atoms with E-state index in [2.05, 4.69) is 82.5 Å². The maximum Gasteiger partial charge on any atom is 0.309 e. The van der Waals surface area contributed by atoms with Gasteiger partial charge in [0.25, 0.3) is 0 Å². The minimum absolute atomic E-state index is 0.0281. The fraction of sp³-hybridized carbons (Fsp3) is 0.710. The Morgan fingerprint density at radius 3 is 2.03 bits per heavy atom. The highest BCUT2D eigenvalue weighted by atomic mass is 16.5. The number of ketones is 1. The molecule has 5 saturated carbocycles. The number of nitrogens with zero attached hydrogens (tertiary/aromatic N) is 2. The summed E-state index contributed by atoms with van der Waals surface area (Å²) in [6.45, 7) is 25.2. The van der Waals surface area contributed by atoms with Crippen molar-refractivity contribution in [3.05, 3.63) is 82.9 Å². The van der Waals surface area contributed by atoms with Crippen molar-refractivity contribution < 1.29 is 33.4 Å². The molecular formula is C62H86N2O7. The largest absolute Gasteiger partial charge is 0.462 e. The van der Waals surface area contributed by atoms with Crippen LogP contribution in [0.15, 0.2) is 71.8 Å². The van der Waals surface area contributed by atoms with Crippen molar-refractivity contribution in [2.45, 2.75) is 184 Å². The van der Waals surface area contributed by atoms with Crippen LogP contribution in [0.2, 0.25) is 0 Å². The van der Waals surface area contributed by atoms with Crippen molar-refractivity contribution in [3.63, 3.8) is 0 Å². The summed E-state index contributed by atoms with van der Waals surface area (Å²) in [6.07, 6.45) is 12.8. The molecule has 7 fully saturated rings. The minimum atomic E-state index is -0.738. The predicted molar refractivity (Wildman–Crippen MR) is 276 cm³/mol. The van der Waals surface area contributed by atoms with E-state index < -0.39 is 10.8 Å². The Morgan fingerprint density at radius 1 is 0.676 bits per heavy atom. The molecule has 386 valence electrons. The Kier molecular flexibility index (Phi) is 13.4. The number of hydrogen-bond acceptors (Lipinski definition) is 8. The second-order valence-electron chi connectivity index (χ2n) is 26.4. The maximum atomic E-state index is 15.7. The molecule has 12 atom stereocenters. The first-order valence-corrected chi connectivity index (χ1v) is 28.1. The molecule has 9 nitrogen and oxygen atoms in total. The highest BCUT2D eigenvalue weighted by Gasteiger charge is 2.72. The van der Waals surface area contributed by atoms with Gasteiger partial charge in [0.2, 0.25) is 5.91 Å².